The molecule has 0 radical (unpaired) electrons. The topological polar surface area (TPSA) is 48.3 Å². The first-order chi connectivity index (χ1) is 13.6. The first-order valence-electron chi connectivity index (χ1n) is 9.53. The Morgan fingerprint density at radius 3 is 2.46 bits per heavy atom. The molecule has 3 aromatic rings. The fourth-order valence-corrected chi connectivity index (χ4v) is 3.18. The van der Waals surface area contributed by atoms with Gasteiger partial charge in [-0.1, -0.05) is 22.0 Å². The Morgan fingerprint density at radius 1 is 1.04 bits per heavy atom. The molecular weight excluding hydrogens is 418 g/mol. The van der Waals surface area contributed by atoms with Crippen LogP contribution in [0.5, 0.6) is 11.5 Å². The zero-order chi connectivity index (χ0) is 19.9. The van der Waals surface area contributed by atoms with E-state index in [2.05, 4.69) is 45.4 Å². The second kappa shape index (κ2) is 9.75. The number of benzene rings is 2. The minimum atomic E-state index is 0.172. The number of aromatic nitrogens is 2. The molecule has 0 spiro atoms. The van der Waals surface area contributed by atoms with Gasteiger partial charge in [0.05, 0.1) is 25.1 Å². The molecule has 0 amide bonds. The molecule has 0 aliphatic rings. The molecule has 1 heterocycles. The van der Waals surface area contributed by atoms with Gasteiger partial charge in [-0.15, -0.1) is 0 Å². The molecule has 2 aromatic carbocycles. The van der Waals surface area contributed by atoms with Crippen molar-refractivity contribution < 1.29 is 9.47 Å². The Bertz CT molecular complexity index is 893. The van der Waals surface area contributed by atoms with E-state index < -0.39 is 0 Å². The van der Waals surface area contributed by atoms with Gasteiger partial charge in [0.15, 0.2) is 11.5 Å². The molecule has 148 valence electrons. The van der Waals surface area contributed by atoms with E-state index in [4.69, 9.17) is 9.47 Å². The molecule has 5 nitrogen and oxygen atoms in total. The number of hydrogen-bond donors (Lipinski definition) is 1. The van der Waals surface area contributed by atoms with E-state index >= 15 is 0 Å². The van der Waals surface area contributed by atoms with Crippen molar-refractivity contribution in [1.29, 1.82) is 0 Å². The van der Waals surface area contributed by atoms with Gasteiger partial charge in [0.1, 0.15) is 0 Å². The minimum Gasteiger partial charge on any atom is -0.490 e. The first kappa shape index (κ1) is 20.4. The Hall–Kier alpha value is -2.31. The highest BCUT2D eigenvalue weighted by Gasteiger charge is 2.11. The highest BCUT2D eigenvalue weighted by Crippen LogP contribution is 2.30. The van der Waals surface area contributed by atoms with Gasteiger partial charge in [-0.2, -0.15) is 5.10 Å². The second-order valence-electron chi connectivity index (χ2n) is 6.44. The summed E-state index contributed by atoms with van der Waals surface area (Å²) in [4.78, 5) is 0. The molecule has 6 heteroatoms. The third-order valence-corrected chi connectivity index (χ3v) is 4.94. The Kier molecular flexibility index (Phi) is 7.12. The fourth-order valence-electron chi connectivity index (χ4n) is 2.91. The summed E-state index contributed by atoms with van der Waals surface area (Å²) < 4.78 is 14.3. The number of nitrogens with one attached hydrogen (secondary N) is 1. The van der Waals surface area contributed by atoms with Gasteiger partial charge in [0, 0.05) is 28.8 Å². The van der Waals surface area contributed by atoms with Crippen molar-refractivity contribution >= 4 is 15.9 Å². The van der Waals surface area contributed by atoms with E-state index in [1.54, 1.807) is 0 Å². The molecular formula is C22H26BrN3O2. The van der Waals surface area contributed by atoms with Crippen molar-refractivity contribution in [3.8, 4) is 17.2 Å². The Morgan fingerprint density at radius 2 is 1.75 bits per heavy atom. The maximum Gasteiger partial charge on any atom is 0.161 e. The average Bonchev–Trinajstić information content (AvgIpc) is 3.17. The zero-order valence-electron chi connectivity index (χ0n) is 16.5. The van der Waals surface area contributed by atoms with Crippen molar-refractivity contribution in [3.05, 3.63) is 70.5 Å². The molecule has 0 aliphatic heterocycles. The molecule has 1 aromatic heterocycles. The fraction of sp³-hybridized carbons (Fsp3) is 0.318. The zero-order valence-corrected chi connectivity index (χ0v) is 18.1. The summed E-state index contributed by atoms with van der Waals surface area (Å²) in [6.45, 7) is 8.06. The maximum absolute atomic E-state index is 5.73. The number of ether oxygens (including phenoxy) is 2. The van der Waals surface area contributed by atoms with Crippen LogP contribution in [-0.2, 0) is 6.54 Å². The van der Waals surface area contributed by atoms with Crippen molar-refractivity contribution in [3.63, 3.8) is 0 Å². The molecule has 3 rings (SSSR count). The predicted molar refractivity (Wildman–Crippen MR) is 115 cm³/mol. The molecule has 1 unspecified atom stereocenters. The largest absolute Gasteiger partial charge is 0.490 e. The van der Waals surface area contributed by atoms with Crippen LogP contribution in [0.1, 0.15) is 37.9 Å². The SMILES string of the molecule is CCOc1ccc(C(C)NCc2cnn(-c3ccc(Br)cc3)c2)cc1OCC. The van der Waals surface area contributed by atoms with Crippen LogP contribution in [0.4, 0.5) is 0 Å². The van der Waals surface area contributed by atoms with Crippen LogP contribution in [0.2, 0.25) is 0 Å². The lowest BCUT2D eigenvalue weighted by molar-refractivity contribution is 0.287. The third-order valence-electron chi connectivity index (χ3n) is 4.41. The smallest absolute Gasteiger partial charge is 0.161 e. The summed E-state index contributed by atoms with van der Waals surface area (Å²) in [7, 11) is 0. The van der Waals surface area contributed by atoms with Gasteiger partial charge in [-0.05, 0) is 62.7 Å². The number of nitrogens with zero attached hydrogens (tertiary/aromatic N) is 2. The monoisotopic (exact) mass is 443 g/mol. The van der Waals surface area contributed by atoms with Crippen molar-refractivity contribution in [2.24, 2.45) is 0 Å². The highest BCUT2D eigenvalue weighted by atomic mass is 79.9. The standard InChI is InChI=1S/C22H26BrN3O2/c1-4-27-21-11-6-18(12-22(21)28-5-2)16(3)24-13-17-14-25-26(15-17)20-9-7-19(23)8-10-20/h6-12,14-16,24H,4-5,13H2,1-3H3. The third kappa shape index (κ3) is 5.14. The second-order valence-corrected chi connectivity index (χ2v) is 7.36. The van der Waals surface area contributed by atoms with Gasteiger partial charge in [-0.3, -0.25) is 0 Å². The molecule has 0 fully saturated rings. The lowest BCUT2D eigenvalue weighted by Gasteiger charge is -2.17. The van der Waals surface area contributed by atoms with Crippen molar-refractivity contribution in [2.45, 2.75) is 33.4 Å². The molecule has 1 N–H and O–H groups in total. The Labute approximate surface area is 174 Å². The van der Waals surface area contributed by atoms with Crippen LogP contribution < -0.4 is 14.8 Å². The first-order valence-corrected chi connectivity index (χ1v) is 10.3. The number of hydrogen-bond acceptors (Lipinski definition) is 4. The lowest BCUT2D eigenvalue weighted by Crippen LogP contribution is -2.18. The summed E-state index contributed by atoms with van der Waals surface area (Å²) in [6.07, 6.45) is 3.94. The molecule has 0 bridgehead atoms. The minimum absolute atomic E-state index is 0.172. The van der Waals surface area contributed by atoms with Gasteiger partial charge in [0.25, 0.3) is 0 Å². The quantitative estimate of drug-likeness (QED) is 0.488. The van der Waals surface area contributed by atoms with Crippen molar-refractivity contribution in [2.75, 3.05) is 13.2 Å². The van der Waals surface area contributed by atoms with Crippen molar-refractivity contribution in [1.82, 2.24) is 15.1 Å². The number of rotatable bonds is 9. The van der Waals surface area contributed by atoms with Crippen LogP contribution in [-0.4, -0.2) is 23.0 Å². The van der Waals surface area contributed by atoms with E-state index in [0.717, 1.165) is 39.3 Å². The van der Waals surface area contributed by atoms with E-state index in [-0.39, 0.29) is 6.04 Å². The average molecular weight is 444 g/mol. The van der Waals surface area contributed by atoms with Gasteiger partial charge >= 0.3 is 0 Å². The van der Waals surface area contributed by atoms with Gasteiger partial charge in [-0.25, -0.2) is 4.68 Å². The summed E-state index contributed by atoms with van der Waals surface area (Å²) in [6, 6.07) is 14.4. The molecule has 1 atom stereocenters. The van der Waals surface area contributed by atoms with Crippen LogP contribution in [0, 0.1) is 0 Å². The summed E-state index contributed by atoms with van der Waals surface area (Å²) in [5, 5.41) is 8.01. The predicted octanol–water partition coefficient (Wildman–Crippen LogP) is 5.28. The summed E-state index contributed by atoms with van der Waals surface area (Å²) in [5.74, 6) is 1.58. The summed E-state index contributed by atoms with van der Waals surface area (Å²) in [5.41, 5.74) is 3.33. The molecule has 28 heavy (non-hydrogen) atoms. The van der Waals surface area contributed by atoms with E-state index in [1.807, 2.05) is 61.3 Å². The van der Waals surface area contributed by atoms with Crippen LogP contribution in [0.3, 0.4) is 0 Å². The molecule has 0 saturated heterocycles. The summed E-state index contributed by atoms with van der Waals surface area (Å²) >= 11 is 3.46. The van der Waals surface area contributed by atoms with E-state index in [9.17, 15) is 0 Å². The highest BCUT2D eigenvalue weighted by molar-refractivity contribution is 9.10. The van der Waals surface area contributed by atoms with Crippen LogP contribution in [0.25, 0.3) is 5.69 Å². The normalized spacial score (nSPS) is 12.0. The van der Waals surface area contributed by atoms with Crippen LogP contribution >= 0.6 is 15.9 Å². The van der Waals surface area contributed by atoms with E-state index in [0.29, 0.717) is 13.2 Å². The molecule has 0 aliphatic carbocycles. The Balaban J connectivity index is 1.64. The maximum atomic E-state index is 5.73. The number of halogens is 1. The molecule has 0 saturated carbocycles. The van der Waals surface area contributed by atoms with Gasteiger partial charge in [0.2, 0.25) is 0 Å². The van der Waals surface area contributed by atoms with Gasteiger partial charge < -0.3 is 14.8 Å². The lowest BCUT2D eigenvalue weighted by atomic mass is 10.1. The van der Waals surface area contributed by atoms with E-state index in [1.165, 1.54) is 0 Å². The van der Waals surface area contributed by atoms with Crippen LogP contribution in [0.15, 0.2) is 59.3 Å².